The Kier molecular flexibility index (Phi) is 3.75. The standard InChI is InChI=1S/C18H22N2/c1-14(19-2)16-8-9-18-17(12-16)10-11-20(18)13-15-6-4-3-5-7-15/h3-9,12,14,19H,10-11,13H2,1-2H3. The van der Waals surface area contributed by atoms with Gasteiger partial charge in [-0.05, 0) is 43.1 Å². The largest absolute Gasteiger partial charge is 0.367 e. The number of anilines is 1. The molecule has 1 aliphatic heterocycles. The van der Waals surface area contributed by atoms with E-state index in [1.165, 1.54) is 22.4 Å². The second-order valence-corrected chi connectivity index (χ2v) is 5.56. The van der Waals surface area contributed by atoms with Crippen molar-refractivity contribution in [1.29, 1.82) is 0 Å². The molecule has 2 nitrogen and oxygen atoms in total. The first-order chi connectivity index (χ1) is 9.78. The number of hydrogen-bond acceptors (Lipinski definition) is 2. The molecule has 3 rings (SSSR count). The van der Waals surface area contributed by atoms with E-state index in [4.69, 9.17) is 0 Å². The monoisotopic (exact) mass is 266 g/mol. The molecule has 0 aromatic heterocycles. The van der Waals surface area contributed by atoms with Gasteiger partial charge >= 0.3 is 0 Å². The normalized spacial score (nSPS) is 15.2. The zero-order chi connectivity index (χ0) is 13.9. The summed E-state index contributed by atoms with van der Waals surface area (Å²) in [6.07, 6.45) is 1.16. The first kappa shape index (κ1) is 13.2. The predicted octanol–water partition coefficient (Wildman–Crippen LogP) is 3.53. The van der Waals surface area contributed by atoms with Gasteiger partial charge < -0.3 is 10.2 Å². The van der Waals surface area contributed by atoms with Crippen LogP contribution in [0.25, 0.3) is 0 Å². The molecule has 20 heavy (non-hydrogen) atoms. The first-order valence-electron chi connectivity index (χ1n) is 7.37. The van der Waals surface area contributed by atoms with Crippen LogP contribution in [0.3, 0.4) is 0 Å². The van der Waals surface area contributed by atoms with Crippen LogP contribution in [0.2, 0.25) is 0 Å². The molecule has 0 fully saturated rings. The lowest BCUT2D eigenvalue weighted by atomic mass is 10.0. The van der Waals surface area contributed by atoms with Crippen LogP contribution >= 0.6 is 0 Å². The number of fused-ring (bicyclic) bond motifs is 1. The maximum absolute atomic E-state index is 3.31. The van der Waals surface area contributed by atoms with Crippen LogP contribution in [0.5, 0.6) is 0 Å². The van der Waals surface area contributed by atoms with Crippen LogP contribution in [-0.2, 0) is 13.0 Å². The minimum Gasteiger partial charge on any atom is -0.367 e. The molecule has 104 valence electrons. The molecule has 0 aliphatic carbocycles. The smallest absolute Gasteiger partial charge is 0.0429 e. The molecule has 1 aliphatic rings. The summed E-state index contributed by atoms with van der Waals surface area (Å²) in [5.41, 5.74) is 5.65. The van der Waals surface area contributed by atoms with E-state index in [9.17, 15) is 0 Å². The Balaban J connectivity index is 1.80. The maximum Gasteiger partial charge on any atom is 0.0429 e. The summed E-state index contributed by atoms with van der Waals surface area (Å²) in [6.45, 7) is 4.34. The Bertz CT molecular complexity index is 577. The molecule has 0 amide bonds. The quantitative estimate of drug-likeness (QED) is 0.910. The van der Waals surface area contributed by atoms with Gasteiger partial charge in [0.25, 0.3) is 0 Å². The molecular formula is C18H22N2. The summed E-state index contributed by atoms with van der Waals surface area (Å²) in [5, 5.41) is 3.31. The van der Waals surface area contributed by atoms with Gasteiger partial charge in [-0.2, -0.15) is 0 Å². The highest BCUT2D eigenvalue weighted by Gasteiger charge is 2.19. The summed E-state index contributed by atoms with van der Waals surface area (Å²) < 4.78 is 0. The second-order valence-electron chi connectivity index (χ2n) is 5.56. The predicted molar refractivity (Wildman–Crippen MR) is 85.1 cm³/mol. The van der Waals surface area contributed by atoms with E-state index in [-0.39, 0.29) is 0 Å². The van der Waals surface area contributed by atoms with Gasteiger partial charge in [0.2, 0.25) is 0 Å². The third-order valence-corrected chi connectivity index (χ3v) is 4.24. The van der Waals surface area contributed by atoms with Gasteiger partial charge in [0.15, 0.2) is 0 Å². The average Bonchev–Trinajstić information content (AvgIpc) is 2.90. The van der Waals surface area contributed by atoms with E-state index < -0.39 is 0 Å². The van der Waals surface area contributed by atoms with Gasteiger partial charge in [-0.25, -0.2) is 0 Å². The highest BCUT2D eigenvalue weighted by atomic mass is 15.1. The highest BCUT2D eigenvalue weighted by molar-refractivity contribution is 5.59. The average molecular weight is 266 g/mol. The van der Waals surface area contributed by atoms with Gasteiger partial charge in [-0.3, -0.25) is 0 Å². The zero-order valence-electron chi connectivity index (χ0n) is 12.3. The van der Waals surface area contributed by atoms with Crippen LogP contribution in [0.1, 0.15) is 29.7 Å². The van der Waals surface area contributed by atoms with Crippen LogP contribution in [0, 0.1) is 0 Å². The van der Waals surface area contributed by atoms with E-state index in [0.29, 0.717) is 6.04 Å². The van der Waals surface area contributed by atoms with Crippen molar-refractivity contribution >= 4 is 5.69 Å². The third-order valence-electron chi connectivity index (χ3n) is 4.24. The minimum absolute atomic E-state index is 0.420. The van der Waals surface area contributed by atoms with Crippen molar-refractivity contribution in [3.63, 3.8) is 0 Å². The molecule has 2 aromatic carbocycles. The van der Waals surface area contributed by atoms with Crippen LogP contribution in [-0.4, -0.2) is 13.6 Å². The van der Waals surface area contributed by atoms with E-state index >= 15 is 0 Å². The van der Waals surface area contributed by atoms with Gasteiger partial charge in [0.1, 0.15) is 0 Å². The van der Waals surface area contributed by atoms with Crippen molar-refractivity contribution in [3.05, 3.63) is 65.2 Å². The SMILES string of the molecule is CNC(C)c1ccc2c(c1)CCN2Cc1ccccc1. The molecule has 1 N–H and O–H groups in total. The summed E-state index contributed by atoms with van der Waals surface area (Å²) >= 11 is 0. The van der Waals surface area contributed by atoms with Crippen molar-refractivity contribution in [1.82, 2.24) is 5.32 Å². The van der Waals surface area contributed by atoms with Crippen molar-refractivity contribution in [2.75, 3.05) is 18.5 Å². The van der Waals surface area contributed by atoms with Crippen LogP contribution in [0.4, 0.5) is 5.69 Å². The van der Waals surface area contributed by atoms with Gasteiger partial charge in [0, 0.05) is 24.8 Å². The molecule has 0 saturated heterocycles. The molecule has 0 bridgehead atoms. The number of hydrogen-bond donors (Lipinski definition) is 1. The van der Waals surface area contributed by atoms with E-state index in [2.05, 4.69) is 65.7 Å². The Morgan fingerprint density at radius 3 is 2.70 bits per heavy atom. The number of nitrogens with one attached hydrogen (secondary N) is 1. The van der Waals surface area contributed by atoms with Gasteiger partial charge in [0.05, 0.1) is 0 Å². The molecule has 2 heteroatoms. The van der Waals surface area contributed by atoms with Crippen molar-refractivity contribution in [2.24, 2.45) is 0 Å². The first-order valence-corrected chi connectivity index (χ1v) is 7.37. The van der Waals surface area contributed by atoms with E-state index in [1.807, 2.05) is 7.05 Å². The third kappa shape index (κ3) is 2.56. The Hall–Kier alpha value is -1.80. The lowest BCUT2D eigenvalue weighted by Crippen LogP contribution is -2.19. The summed E-state index contributed by atoms with van der Waals surface area (Å²) in [7, 11) is 2.01. The molecule has 0 saturated carbocycles. The van der Waals surface area contributed by atoms with Crippen LogP contribution in [0.15, 0.2) is 48.5 Å². The number of benzene rings is 2. The molecular weight excluding hydrogens is 244 g/mol. The molecule has 2 aromatic rings. The lowest BCUT2D eigenvalue weighted by molar-refractivity contribution is 0.652. The van der Waals surface area contributed by atoms with E-state index in [1.54, 1.807) is 0 Å². The highest BCUT2D eigenvalue weighted by Crippen LogP contribution is 2.31. The van der Waals surface area contributed by atoms with Crippen molar-refractivity contribution < 1.29 is 0 Å². The molecule has 0 radical (unpaired) electrons. The fourth-order valence-corrected chi connectivity index (χ4v) is 2.89. The van der Waals surface area contributed by atoms with Crippen LogP contribution < -0.4 is 10.2 Å². The molecule has 1 atom stereocenters. The maximum atomic E-state index is 3.31. The van der Waals surface area contributed by atoms with Gasteiger partial charge in [-0.15, -0.1) is 0 Å². The molecule has 1 heterocycles. The molecule has 0 spiro atoms. The Morgan fingerprint density at radius 2 is 1.95 bits per heavy atom. The topological polar surface area (TPSA) is 15.3 Å². The van der Waals surface area contributed by atoms with Crippen molar-refractivity contribution in [3.8, 4) is 0 Å². The minimum atomic E-state index is 0.420. The fourth-order valence-electron chi connectivity index (χ4n) is 2.89. The Labute approximate surface area is 121 Å². The summed E-state index contributed by atoms with van der Waals surface area (Å²) in [6, 6.07) is 18.0. The lowest BCUT2D eigenvalue weighted by Gasteiger charge is -2.20. The second kappa shape index (κ2) is 5.68. The number of nitrogens with zero attached hydrogens (tertiary/aromatic N) is 1. The molecule has 1 unspecified atom stereocenters. The number of rotatable bonds is 4. The summed E-state index contributed by atoms with van der Waals surface area (Å²) in [5.74, 6) is 0. The Morgan fingerprint density at radius 1 is 1.15 bits per heavy atom. The fraction of sp³-hybridized carbons (Fsp3) is 0.333. The van der Waals surface area contributed by atoms with Crippen molar-refractivity contribution in [2.45, 2.75) is 25.9 Å². The zero-order valence-corrected chi connectivity index (χ0v) is 12.3. The van der Waals surface area contributed by atoms with Gasteiger partial charge in [-0.1, -0.05) is 42.5 Å². The van der Waals surface area contributed by atoms with E-state index in [0.717, 1.165) is 19.5 Å². The summed E-state index contributed by atoms with van der Waals surface area (Å²) in [4.78, 5) is 2.48.